The second kappa shape index (κ2) is 3.70. The van der Waals surface area contributed by atoms with Crippen LogP contribution >= 0.6 is 0 Å². The van der Waals surface area contributed by atoms with E-state index in [1.165, 1.54) is 0 Å². The molecule has 0 bridgehead atoms. The van der Waals surface area contributed by atoms with Gasteiger partial charge in [0.1, 0.15) is 6.10 Å². The number of aliphatic hydroxyl groups is 2. The molecule has 4 N–H and O–H groups in total. The van der Waals surface area contributed by atoms with Crippen molar-refractivity contribution in [3.8, 4) is 0 Å². The summed E-state index contributed by atoms with van der Waals surface area (Å²) >= 11 is 0. The molecule has 1 aliphatic rings. The van der Waals surface area contributed by atoms with Gasteiger partial charge < -0.3 is 20.7 Å². The van der Waals surface area contributed by atoms with E-state index in [1.807, 2.05) is 13.8 Å². The number of hydrogen-bond donors (Lipinski definition) is 3. The average molecular weight is 175 g/mol. The van der Waals surface area contributed by atoms with Gasteiger partial charge in [-0.3, -0.25) is 0 Å². The molecule has 5 atom stereocenters. The van der Waals surface area contributed by atoms with Crippen LogP contribution in [0.1, 0.15) is 13.8 Å². The summed E-state index contributed by atoms with van der Waals surface area (Å²) in [6.07, 6.45) is -2.04. The Hall–Kier alpha value is -0.160. The molecular weight excluding hydrogens is 158 g/mol. The van der Waals surface area contributed by atoms with Gasteiger partial charge in [-0.1, -0.05) is 6.92 Å². The van der Waals surface area contributed by atoms with Crippen molar-refractivity contribution in [2.24, 2.45) is 11.7 Å². The fourth-order valence-electron chi connectivity index (χ4n) is 1.48. The molecule has 12 heavy (non-hydrogen) atoms. The molecule has 2 unspecified atom stereocenters. The van der Waals surface area contributed by atoms with Crippen LogP contribution in [-0.2, 0) is 4.74 Å². The Kier molecular flexibility index (Phi) is 3.06. The summed E-state index contributed by atoms with van der Waals surface area (Å²) in [7, 11) is 0. The van der Waals surface area contributed by atoms with Crippen molar-refractivity contribution < 1.29 is 14.9 Å². The van der Waals surface area contributed by atoms with Gasteiger partial charge in [0.05, 0.1) is 18.3 Å². The van der Waals surface area contributed by atoms with Gasteiger partial charge in [-0.2, -0.15) is 0 Å². The number of rotatable bonds is 1. The average Bonchev–Trinajstić information content (AvgIpc) is 2.08. The zero-order chi connectivity index (χ0) is 9.30. The summed E-state index contributed by atoms with van der Waals surface area (Å²) < 4.78 is 5.40. The molecule has 0 aliphatic carbocycles. The number of ether oxygens (including phenoxy) is 1. The van der Waals surface area contributed by atoms with E-state index in [0.717, 1.165) is 0 Å². The van der Waals surface area contributed by atoms with Gasteiger partial charge in [-0.15, -0.1) is 0 Å². The van der Waals surface area contributed by atoms with Crippen LogP contribution in [-0.4, -0.2) is 41.2 Å². The Morgan fingerprint density at radius 2 is 1.83 bits per heavy atom. The van der Waals surface area contributed by atoms with E-state index < -0.39 is 18.3 Å². The van der Waals surface area contributed by atoms with Crippen LogP contribution in [0.3, 0.4) is 0 Å². The molecule has 72 valence electrons. The molecule has 1 heterocycles. The predicted octanol–water partition coefficient (Wildman–Crippen LogP) is -0.910. The molecule has 0 saturated carbocycles. The van der Waals surface area contributed by atoms with Crippen molar-refractivity contribution >= 4 is 0 Å². The zero-order valence-electron chi connectivity index (χ0n) is 7.47. The predicted molar refractivity (Wildman–Crippen MR) is 44.6 cm³/mol. The summed E-state index contributed by atoms with van der Waals surface area (Å²) in [6, 6.07) is 0. The summed E-state index contributed by atoms with van der Waals surface area (Å²) in [5.74, 6) is -0.0391. The molecule has 0 spiro atoms. The highest BCUT2D eigenvalue weighted by Gasteiger charge is 2.39. The molecule has 0 radical (unpaired) electrons. The molecule has 4 heteroatoms. The van der Waals surface area contributed by atoms with Gasteiger partial charge in [0, 0.05) is 12.5 Å². The minimum atomic E-state index is -0.846. The van der Waals surface area contributed by atoms with Crippen molar-refractivity contribution in [1.82, 2.24) is 0 Å². The smallest absolute Gasteiger partial charge is 0.108 e. The maximum atomic E-state index is 9.53. The highest BCUT2D eigenvalue weighted by molar-refractivity contribution is 4.88. The monoisotopic (exact) mass is 175 g/mol. The second-order valence-electron chi connectivity index (χ2n) is 3.46. The quantitative estimate of drug-likeness (QED) is 0.482. The standard InChI is InChI=1S/C8H17NO3/c1-4-5(2)12-6(3-9)8(11)7(4)10/h4-8,10-11H,3,9H2,1-2H3/t4-,5-,6?,7?,8-/m1/s1. The van der Waals surface area contributed by atoms with E-state index in [4.69, 9.17) is 10.5 Å². The molecule has 1 aliphatic heterocycles. The third kappa shape index (κ3) is 1.61. The Morgan fingerprint density at radius 1 is 1.25 bits per heavy atom. The first-order valence-electron chi connectivity index (χ1n) is 4.29. The van der Waals surface area contributed by atoms with Gasteiger partial charge in [-0.05, 0) is 6.92 Å². The lowest BCUT2D eigenvalue weighted by Crippen LogP contribution is -2.54. The summed E-state index contributed by atoms with van der Waals surface area (Å²) in [4.78, 5) is 0. The maximum Gasteiger partial charge on any atom is 0.108 e. The van der Waals surface area contributed by atoms with Crippen LogP contribution in [0.4, 0.5) is 0 Å². The molecule has 0 aromatic carbocycles. The van der Waals surface area contributed by atoms with Crippen LogP contribution < -0.4 is 5.73 Å². The normalized spacial score (nSPS) is 49.2. The lowest BCUT2D eigenvalue weighted by Gasteiger charge is -2.39. The van der Waals surface area contributed by atoms with Crippen molar-refractivity contribution in [1.29, 1.82) is 0 Å². The lowest BCUT2D eigenvalue weighted by molar-refractivity contribution is -0.187. The van der Waals surface area contributed by atoms with E-state index >= 15 is 0 Å². The Labute approximate surface area is 72.3 Å². The molecule has 1 fully saturated rings. The van der Waals surface area contributed by atoms with Crippen LogP contribution in [0.5, 0.6) is 0 Å². The number of nitrogens with two attached hydrogens (primary N) is 1. The SMILES string of the molecule is C[C@H]1OC(CN)[C@@H](O)C(O)[C@@H]1C. The van der Waals surface area contributed by atoms with Gasteiger partial charge >= 0.3 is 0 Å². The Bertz CT molecular complexity index is 148. The molecule has 0 aromatic heterocycles. The van der Waals surface area contributed by atoms with Gasteiger partial charge in [0.25, 0.3) is 0 Å². The zero-order valence-corrected chi connectivity index (χ0v) is 7.47. The Morgan fingerprint density at radius 3 is 2.33 bits per heavy atom. The first-order valence-corrected chi connectivity index (χ1v) is 4.29. The molecular formula is C8H17NO3. The Balaban J connectivity index is 2.63. The second-order valence-corrected chi connectivity index (χ2v) is 3.46. The molecule has 1 rings (SSSR count). The van der Waals surface area contributed by atoms with E-state index in [0.29, 0.717) is 0 Å². The largest absolute Gasteiger partial charge is 0.390 e. The first-order chi connectivity index (χ1) is 5.57. The third-order valence-corrected chi connectivity index (χ3v) is 2.63. The van der Waals surface area contributed by atoms with Crippen LogP contribution in [0.25, 0.3) is 0 Å². The fraction of sp³-hybridized carbons (Fsp3) is 1.00. The van der Waals surface area contributed by atoms with Gasteiger partial charge in [0.2, 0.25) is 0 Å². The lowest BCUT2D eigenvalue weighted by atomic mass is 9.89. The van der Waals surface area contributed by atoms with Gasteiger partial charge in [0.15, 0.2) is 0 Å². The highest BCUT2D eigenvalue weighted by atomic mass is 16.5. The van der Waals surface area contributed by atoms with Crippen molar-refractivity contribution in [2.45, 2.75) is 38.3 Å². The third-order valence-electron chi connectivity index (χ3n) is 2.63. The van der Waals surface area contributed by atoms with E-state index in [2.05, 4.69) is 0 Å². The first kappa shape index (κ1) is 9.92. The van der Waals surface area contributed by atoms with Crippen molar-refractivity contribution in [3.05, 3.63) is 0 Å². The van der Waals surface area contributed by atoms with E-state index in [1.54, 1.807) is 0 Å². The number of aliphatic hydroxyl groups excluding tert-OH is 2. The maximum absolute atomic E-state index is 9.53. The molecule has 4 nitrogen and oxygen atoms in total. The highest BCUT2D eigenvalue weighted by Crippen LogP contribution is 2.24. The minimum Gasteiger partial charge on any atom is -0.390 e. The number of hydrogen-bond acceptors (Lipinski definition) is 4. The van der Waals surface area contributed by atoms with Crippen molar-refractivity contribution in [3.63, 3.8) is 0 Å². The van der Waals surface area contributed by atoms with Crippen LogP contribution in [0.2, 0.25) is 0 Å². The van der Waals surface area contributed by atoms with E-state index in [9.17, 15) is 10.2 Å². The summed E-state index contributed by atoms with van der Waals surface area (Å²) in [5.41, 5.74) is 5.37. The van der Waals surface area contributed by atoms with Crippen molar-refractivity contribution in [2.75, 3.05) is 6.54 Å². The minimum absolute atomic E-state index is 0.0391. The fourth-order valence-corrected chi connectivity index (χ4v) is 1.48. The summed E-state index contributed by atoms with van der Waals surface area (Å²) in [5, 5.41) is 19.0. The molecule has 0 aromatic rings. The van der Waals surface area contributed by atoms with Crippen LogP contribution in [0.15, 0.2) is 0 Å². The topological polar surface area (TPSA) is 75.7 Å². The van der Waals surface area contributed by atoms with E-state index in [-0.39, 0.29) is 18.6 Å². The molecule has 0 amide bonds. The van der Waals surface area contributed by atoms with Crippen LogP contribution in [0, 0.1) is 5.92 Å². The molecule has 1 saturated heterocycles. The van der Waals surface area contributed by atoms with Gasteiger partial charge in [-0.25, -0.2) is 0 Å². The summed E-state index contributed by atoms with van der Waals surface area (Å²) in [6.45, 7) is 3.98.